The molecule has 1 fully saturated rings. The SMILES string of the molecule is CC(C)N1CCC(c2c[nH]c3ccccc23)CC1. The number of aromatic amines is 1. The summed E-state index contributed by atoms with van der Waals surface area (Å²) in [6, 6.07) is 9.35. The summed E-state index contributed by atoms with van der Waals surface area (Å²) in [5.41, 5.74) is 2.80. The molecule has 1 aromatic carbocycles. The van der Waals surface area contributed by atoms with Crippen molar-refractivity contribution in [2.75, 3.05) is 13.1 Å². The van der Waals surface area contributed by atoms with Crippen molar-refractivity contribution in [3.05, 3.63) is 36.0 Å². The molecule has 2 nitrogen and oxygen atoms in total. The monoisotopic (exact) mass is 242 g/mol. The molecule has 0 amide bonds. The Bertz CT molecular complexity index is 519. The zero-order valence-electron chi connectivity index (χ0n) is 11.3. The quantitative estimate of drug-likeness (QED) is 0.849. The normalized spacial score (nSPS) is 18.8. The molecule has 1 aliphatic heterocycles. The van der Waals surface area contributed by atoms with Gasteiger partial charge in [0, 0.05) is 23.1 Å². The van der Waals surface area contributed by atoms with E-state index in [0.717, 1.165) is 5.92 Å². The minimum Gasteiger partial charge on any atom is -0.361 e. The maximum atomic E-state index is 3.41. The van der Waals surface area contributed by atoms with E-state index in [1.807, 2.05) is 0 Å². The Morgan fingerprint density at radius 1 is 1.17 bits per heavy atom. The van der Waals surface area contributed by atoms with Gasteiger partial charge in [-0.2, -0.15) is 0 Å². The second-order valence-electron chi connectivity index (χ2n) is 5.69. The van der Waals surface area contributed by atoms with Crippen LogP contribution < -0.4 is 0 Å². The van der Waals surface area contributed by atoms with Gasteiger partial charge < -0.3 is 9.88 Å². The van der Waals surface area contributed by atoms with Crippen molar-refractivity contribution < 1.29 is 0 Å². The highest BCUT2D eigenvalue weighted by atomic mass is 15.1. The van der Waals surface area contributed by atoms with E-state index >= 15 is 0 Å². The van der Waals surface area contributed by atoms with E-state index in [1.54, 1.807) is 0 Å². The fraction of sp³-hybridized carbons (Fsp3) is 0.500. The second kappa shape index (κ2) is 4.77. The van der Waals surface area contributed by atoms with Crippen LogP contribution in [0, 0.1) is 0 Å². The van der Waals surface area contributed by atoms with Crippen LogP contribution in [0.5, 0.6) is 0 Å². The zero-order chi connectivity index (χ0) is 12.5. The van der Waals surface area contributed by atoms with Gasteiger partial charge in [0.2, 0.25) is 0 Å². The van der Waals surface area contributed by atoms with E-state index in [4.69, 9.17) is 0 Å². The summed E-state index contributed by atoms with van der Waals surface area (Å²) in [5.74, 6) is 0.733. The standard InChI is InChI=1S/C16H22N2/c1-12(2)18-9-7-13(8-10-18)15-11-17-16-6-4-3-5-14(15)16/h3-6,11-13,17H,7-10H2,1-2H3. The molecule has 3 rings (SSSR count). The van der Waals surface area contributed by atoms with Crippen LogP contribution in [-0.4, -0.2) is 29.0 Å². The molecular weight excluding hydrogens is 220 g/mol. The van der Waals surface area contributed by atoms with Crippen molar-refractivity contribution in [3.63, 3.8) is 0 Å². The first kappa shape index (κ1) is 11.8. The summed E-state index contributed by atoms with van der Waals surface area (Å²) in [7, 11) is 0. The lowest BCUT2D eigenvalue weighted by Crippen LogP contribution is -2.37. The fourth-order valence-electron chi connectivity index (χ4n) is 3.16. The number of piperidine rings is 1. The molecule has 0 atom stereocenters. The number of para-hydroxylation sites is 1. The van der Waals surface area contributed by atoms with Crippen LogP contribution in [0.15, 0.2) is 30.5 Å². The number of benzene rings is 1. The van der Waals surface area contributed by atoms with Gasteiger partial charge in [-0.15, -0.1) is 0 Å². The van der Waals surface area contributed by atoms with Crippen LogP contribution in [0.25, 0.3) is 10.9 Å². The molecule has 2 heteroatoms. The lowest BCUT2D eigenvalue weighted by atomic mass is 9.89. The minimum absolute atomic E-state index is 0.689. The van der Waals surface area contributed by atoms with Gasteiger partial charge in [0.25, 0.3) is 0 Å². The van der Waals surface area contributed by atoms with Crippen molar-refractivity contribution in [2.45, 2.75) is 38.6 Å². The number of nitrogens with zero attached hydrogens (tertiary/aromatic N) is 1. The first-order valence-corrected chi connectivity index (χ1v) is 7.06. The molecule has 0 bridgehead atoms. The van der Waals surface area contributed by atoms with Gasteiger partial charge in [-0.1, -0.05) is 18.2 Å². The van der Waals surface area contributed by atoms with E-state index in [0.29, 0.717) is 6.04 Å². The molecule has 1 aromatic heterocycles. The molecule has 96 valence electrons. The largest absolute Gasteiger partial charge is 0.361 e. The Morgan fingerprint density at radius 3 is 2.61 bits per heavy atom. The Kier molecular flexibility index (Phi) is 3.13. The van der Waals surface area contributed by atoms with Crippen molar-refractivity contribution in [1.82, 2.24) is 9.88 Å². The molecule has 1 aliphatic rings. The molecule has 0 unspecified atom stereocenters. The smallest absolute Gasteiger partial charge is 0.0456 e. The summed E-state index contributed by atoms with van der Waals surface area (Å²) < 4.78 is 0. The highest BCUT2D eigenvalue weighted by molar-refractivity contribution is 5.83. The number of H-pyrrole nitrogens is 1. The van der Waals surface area contributed by atoms with E-state index in [-0.39, 0.29) is 0 Å². The van der Waals surface area contributed by atoms with E-state index < -0.39 is 0 Å². The molecule has 0 spiro atoms. The summed E-state index contributed by atoms with van der Waals surface area (Å²) >= 11 is 0. The van der Waals surface area contributed by atoms with E-state index in [1.165, 1.54) is 42.4 Å². The van der Waals surface area contributed by atoms with Gasteiger partial charge in [-0.05, 0) is 57.3 Å². The molecule has 0 radical (unpaired) electrons. The highest BCUT2D eigenvalue weighted by Gasteiger charge is 2.23. The molecule has 1 saturated heterocycles. The Labute approximate surface area is 109 Å². The summed E-state index contributed by atoms with van der Waals surface area (Å²) in [6.07, 6.45) is 4.81. The molecular formula is C16H22N2. The van der Waals surface area contributed by atoms with Crippen molar-refractivity contribution in [2.24, 2.45) is 0 Å². The number of hydrogen-bond donors (Lipinski definition) is 1. The van der Waals surface area contributed by atoms with Crippen LogP contribution in [0.1, 0.15) is 38.2 Å². The lowest BCUT2D eigenvalue weighted by molar-refractivity contribution is 0.172. The first-order chi connectivity index (χ1) is 8.75. The number of hydrogen-bond acceptors (Lipinski definition) is 1. The number of fused-ring (bicyclic) bond motifs is 1. The zero-order valence-corrected chi connectivity index (χ0v) is 11.3. The van der Waals surface area contributed by atoms with Gasteiger partial charge in [0.05, 0.1) is 0 Å². The maximum absolute atomic E-state index is 3.41. The predicted molar refractivity (Wildman–Crippen MR) is 77.0 cm³/mol. The summed E-state index contributed by atoms with van der Waals surface area (Å²) in [5, 5.41) is 1.42. The Hall–Kier alpha value is -1.28. The van der Waals surface area contributed by atoms with Gasteiger partial charge >= 0.3 is 0 Å². The van der Waals surface area contributed by atoms with Gasteiger partial charge in [-0.25, -0.2) is 0 Å². The number of nitrogens with one attached hydrogen (secondary N) is 1. The average Bonchev–Trinajstić information content (AvgIpc) is 2.82. The van der Waals surface area contributed by atoms with Crippen LogP contribution in [0.3, 0.4) is 0 Å². The number of rotatable bonds is 2. The minimum atomic E-state index is 0.689. The van der Waals surface area contributed by atoms with Crippen molar-refractivity contribution >= 4 is 10.9 Å². The van der Waals surface area contributed by atoms with Crippen LogP contribution in [0.2, 0.25) is 0 Å². The third-order valence-corrected chi connectivity index (χ3v) is 4.32. The molecule has 0 aliphatic carbocycles. The molecule has 2 aromatic rings. The van der Waals surface area contributed by atoms with Gasteiger partial charge in [-0.3, -0.25) is 0 Å². The van der Waals surface area contributed by atoms with Crippen molar-refractivity contribution in [1.29, 1.82) is 0 Å². The maximum Gasteiger partial charge on any atom is 0.0456 e. The summed E-state index contributed by atoms with van der Waals surface area (Å²) in [6.45, 7) is 7.07. The lowest BCUT2D eigenvalue weighted by Gasteiger charge is -2.34. The fourth-order valence-corrected chi connectivity index (χ4v) is 3.16. The van der Waals surface area contributed by atoms with Gasteiger partial charge in [0.15, 0.2) is 0 Å². The first-order valence-electron chi connectivity index (χ1n) is 7.06. The Morgan fingerprint density at radius 2 is 1.89 bits per heavy atom. The predicted octanol–water partition coefficient (Wildman–Crippen LogP) is 3.76. The molecule has 1 N–H and O–H groups in total. The third-order valence-electron chi connectivity index (χ3n) is 4.32. The van der Waals surface area contributed by atoms with Crippen LogP contribution >= 0.6 is 0 Å². The van der Waals surface area contributed by atoms with E-state index in [9.17, 15) is 0 Å². The van der Waals surface area contributed by atoms with E-state index in [2.05, 4.69) is 54.2 Å². The van der Waals surface area contributed by atoms with Crippen LogP contribution in [0.4, 0.5) is 0 Å². The molecule has 0 saturated carbocycles. The third kappa shape index (κ3) is 2.05. The average molecular weight is 242 g/mol. The highest BCUT2D eigenvalue weighted by Crippen LogP contribution is 2.33. The number of likely N-dealkylation sites (tertiary alicyclic amines) is 1. The molecule has 18 heavy (non-hydrogen) atoms. The Balaban J connectivity index is 1.80. The number of aromatic nitrogens is 1. The summed E-state index contributed by atoms with van der Waals surface area (Å²) in [4.78, 5) is 5.99. The van der Waals surface area contributed by atoms with Crippen molar-refractivity contribution in [3.8, 4) is 0 Å². The molecule has 2 heterocycles. The topological polar surface area (TPSA) is 19.0 Å². The van der Waals surface area contributed by atoms with Gasteiger partial charge in [0.1, 0.15) is 0 Å². The van der Waals surface area contributed by atoms with Crippen LogP contribution in [-0.2, 0) is 0 Å². The second-order valence-corrected chi connectivity index (χ2v) is 5.69.